The number of nitrogens with zero attached hydrogens (tertiary/aromatic N) is 3. The van der Waals surface area contributed by atoms with Crippen LogP contribution in [0.3, 0.4) is 0 Å². The van der Waals surface area contributed by atoms with Gasteiger partial charge in [-0.3, -0.25) is 4.79 Å². The summed E-state index contributed by atoms with van der Waals surface area (Å²) in [5.74, 6) is -0.278. The van der Waals surface area contributed by atoms with Crippen molar-refractivity contribution < 1.29 is 23.5 Å². The average molecular weight is 430 g/mol. The molecule has 9 heteroatoms. The Labute approximate surface area is 180 Å². The largest absolute Gasteiger partial charge is 0.496 e. The lowest BCUT2D eigenvalue weighted by Gasteiger charge is -2.36. The van der Waals surface area contributed by atoms with Crippen molar-refractivity contribution in [2.45, 2.75) is 26.4 Å². The number of piperazine rings is 1. The number of hydrogen-bond acceptors (Lipinski definition) is 6. The maximum atomic E-state index is 13.5. The quantitative estimate of drug-likeness (QED) is 0.801. The minimum atomic E-state index is -0.625. The molecular formula is C22H27FN4O4. The van der Waals surface area contributed by atoms with E-state index in [0.29, 0.717) is 48.9 Å². The zero-order chi connectivity index (χ0) is 22.8. The number of primary amides is 1. The molecule has 1 saturated heterocycles. The maximum Gasteiger partial charge on any atom is 0.410 e. The van der Waals surface area contributed by atoms with E-state index in [-0.39, 0.29) is 11.7 Å². The summed E-state index contributed by atoms with van der Waals surface area (Å²) in [4.78, 5) is 32.4. The summed E-state index contributed by atoms with van der Waals surface area (Å²) in [5.41, 5.74) is 6.49. The molecule has 8 nitrogen and oxygen atoms in total. The lowest BCUT2D eigenvalue weighted by Crippen LogP contribution is -2.50. The van der Waals surface area contributed by atoms with E-state index in [1.807, 2.05) is 25.7 Å². The monoisotopic (exact) mass is 430 g/mol. The SMILES string of the molecule is COc1cc(F)ccc1-c1cnc(N2CCN(C(=O)OC(C)(C)C)CC2)c(C(N)=O)c1. The number of benzene rings is 1. The summed E-state index contributed by atoms with van der Waals surface area (Å²) in [5, 5.41) is 0. The van der Waals surface area contributed by atoms with Gasteiger partial charge in [-0.05, 0) is 39.0 Å². The molecule has 0 atom stereocenters. The normalized spacial score (nSPS) is 14.4. The van der Waals surface area contributed by atoms with E-state index in [1.165, 1.54) is 19.2 Å². The van der Waals surface area contributed by atoms with Crippen molar-refractivity contribution >= 4 is 17.8 Å². The van der Waals surface area contributed by atoms with Gasteiger partial charge < -0.3 is 25.0 Å². The topological polar surface area (TPSA) is 98.0 Å². The first-order chi connectivity index (χ1) is 14.6. The Balaban J connectivity index is 1.82. The Bertz CT molecular complexity index is 982. The molecule has 1 aromatic heterocycles. The van der Waals surface area contributed by atoms with Crippen LogP contribution in [0.2, 0.25) is 0 Å². The van der Waals surface area contributed by atoms with Crippen molar-refractivity contribution in [1.82, 2.24) is 9.88 Å². The molecule has 0 radical (unpaired) electrons. The minimum Gasteiger partial charge on any atom is -0.496 e. The smallest absolute Gasteiger partial charge is 0.410 e. The molecule has 2 aromatic rings. The highest BCUT2D eigenvalue weighted by Gasteiger charge is 2.28. The number of rotatable bonds is 4. The van der Waals surface area contributed by atoms with Crippen LogP contribution in [0.1, 0.15) is 31.1 Å². The van der Waals surface area contributed by atoms with Crippen LogP contribution in [0, 0.1) is 5.82 Å². The Hall–Kier alpha value is -3.36. The Kier molecular flexibility index (Phi) is 6.33. The molecule has 166 valence electrons. The first-order valence-corrected chi connectivity index (χ1v) is 9.95. The lowest BCUT2D eigenvalue weighted by atomic mass is 10.0. The third-order valence-electron chi connectivity index (χ3n) is 4.84. The fourth-order valence-electron chi connectivity index (χ4n) is 3.37. The van der Waals surface area contributed by atoms with Gasteiger partial charge >= 0.3 is 6.09 Å². The molecule has 1 aliphatic heterocycles. The van der Waals surface area contributed by atoms with E-state index in [4.69, 9.17) is 15.2 Å². The number of carbonyl (C=O) groups is 2. The van der Waals surface area contributed by atoms with E-state index in [1.54, 1.807) is 23.2 Å². The number of methoxy groups -OCH3 is 1. The zero-order valence-electron chi connectivity index (χ0n) is 18.1. The predicted molar refractivity (Wildman–Crippen MR) is 115 cm³/mol. The third kappa shape index (κ3) is 5.22. The predicted octanol–water partition coefficient (Wildman–Crippen LogP) is 3.05. The van der Waals surface area contributed by atoms with E-state index < -0.39 is 17.3 Å². The van der Waals surface area contributed by atoms with Crippen LogP contribution >= 0.6 is 0 Å². The molecule has 1 fully saturated rings. The van der Waals surface area contributed by atoms with E-state index in [9.17, 15) is 14.0 Å². The number of nitrogens with two attached hydrogens (primary N) is 1. The van der Waals surface area contributed by atoms with E-state index >= 15 is 0 Å². The molecule has 2 heterocycles. The lowest BCUT2D eigenvalue weighted by molar-refractivity contribution is 0.0240. The maximum absolute atomic E-state index is 13.5. The first kappa shape index (κ1) is 22.3. The van der Waals surface area contributed by atoms with Crippen LogP contribution in [0.4, 0.5) is 15.0 Å². The number of ether oxygens (including phenoxy) is 2. The van der Waals surface area contributed by atoms with Crippen molar-refractivity contribution in [1.29, 1.82) is 0 Å². The van der Waals surface area contributed by atoms with Crippen molar-refractivity contribution in [3.8, 4) is 16.9 Å². The highest BCUT2D eigenvalue weighted by molar-refractivity contribution is 5.99. The highest BCUT2D eigenvalue weighted by Crippen LogP contribution is 2.32. The van der Waals surface area contributed by atoms with Gasteiger partial charge in [0.05, 0.1) is 12.7 Å². The Morgan fingerprint density at radius 3 is 2.39 bits per heavy atom. The molecule has 0 saturated carbocycles. The van der Waals surface area contributed by atoms with Gasteiger partial charge in [0.2, 0.25) is 0 Å². The summed E-state index contributed by atoms with van der Waals surface area (Å²) < 4.78 is 24.2. The fraction of sp³-hybridized carbons (Fsp3) is 0.409. The van der Waals surface area contributed by atoms with Crippen molar-refractivity contribution in [3.63, 3.8) is 0 Å². The van der Waals surface area contributed by atoms with Crippen LogP contribution in [0.5, 0.6) is 5.75 Å². The van der Waals surface area contributed by atoms with Crippen LogP contribution in [-0.2, 0) is 4.74 Å². The number of amides is 2. The van der Waals surface area contributed by atoms with Gasteiger partial charge in [0.25, 0.3) is 5.91 Å². The number of anilines is 1. The average Bonchev–Trinajstić information content (AvgIpc) is 2.72. The fourth-order valence-corrected chi connectivity index (χ4v) is 3.37. The summed E-state index contributed by atoms with van der Waals surface area (Å²) >= 11 is 0. The number of carbonyl (C=O) groups excluding carboxylic acids is 2. The highest BCUT2D eigenvalue weighted by atomic mass is 19.1. The molecular weight excluding hydrogens is 403 g/mol. The van der Waals surface area contributed by atoms with E-state index in [2.05, 4.69) is 4.98 Å². The van der Waals surface area contributed by atoms with Crippen LogP contribution in [-0.4, -0.2) is 60.8 Å². The third-order valence-corrected chi connectivity index (χ3v) is 4.84. The molecule has 2 amide bonds. The molecule has 31 heavy (non-hydrogen) atoms. The van der Waals surface area contributed by atoms with Gasteiger partial charge in [0.15, 0.2) is 0 Å². The Morgan fingerprint density at radius 1 is 1.13 bits per heavy atom. The van der Waals surface area contributed by atoms with Gasteiger partial charge in [-0.25, -0.2) is 14.2 Å². The molecule has 1 aliphatic rings. The zero-order valence-corrected chi connectivity index (χ0v) is 18.1. The van der Waals surface area contributed by atoms with Crippen LogP contribution in [0.15, 0.2) is 30.5 Å². The van der Waals surface area contributed by atoms with Crippen molar-refractivity contribution in [2.75, 3.05) is 38.2 Å². The second kappa shape index (κ2) is 8.79. The summed E-state index contributed by atoms with van der Waals surface area (Å²) in [6.45, 7) is 7.29. The summed E-state index contributed by atoms with van der Waals surface area (Å²) in [6, 6.07) is 5.77. The van der Waals surface area contributed by atoms with Crippen LogP contribution < -0.4 is 15.4 Å². The second-order valence-corrected chi connectivity index (χ2v) is 8.26. The number of pyridine rings is 1. The van der Waals surface area contributed by atoms with E-state index in [0.717, 1.165) is 0 Å². The number of hydrogen-bond donors (Lipinski definition) is 1. The summed E-state index contributed by atoms with van der Waals surface area (Å²) in [7, 11) is 1.44. The first-order valence-electron chi connectivity index (χ1n) is 9.95. The molecule has 1 aromatic carbocycles. The van der Waals surface area contributed by atoms with Gasteiger partial charge in [-0.1, -0.05) is 0 Å². The van der Waals surface area contributed by atoms with Gasteiger partial charge in [0.1, 0.15) is 23.0 Å². The summed E-state index contributed by atoms with van der Waals surface area (Å²) in [6.07, 6.45) is 1.23. The molecule has 2 N–H and O–H groups in total. The minimum absolute atomic E-state index is 0.245. The second-order valence-electron chi connectivity index (χ2n) is 8.26. The van der Waals surface area contributed by atoms with Gasteiger partial charge in [-0.15, -0.1) is 0 Å². The van der Waals surface area contributed by atoms with Crippen molar-refractivity contribution in [2.24, 2.45) is 5.73 Å². The molecule has 3 rings (SSSR count). The van der Waals surface area contributed by atoms with Gasteiger partial charge in [0, 0.05) is 49.6 Å². The number of aromatic nitrogens is 1. The molecule has 0 aliphatic carbocycles. The number of halogens is 1. The molecule has 0 spiro atoms. The molecule has 0 bridgehead atoms. The molecule has 0 unspecified atom stereocenters. The van der Waals surface area contributed by atoms with Crippen molar-refractivity contribution in [3.05, 3.63) is 41.8 Å². The van der Waals surface area contributed by atoms with Crippen LogP contribution in [0.25, 0.3) is 11.1 Å². The standard InChI is InChI=1S/C22H27FN4O4/c1-22(2,3)31-21(29)27-9-7-26(8-10-27)20-17(19(24)28)11-14(13-25-20)16-6-5-15(23)12-18(16)30-4/h5-6,11-13H,7-10H2,1-4H3,(H2,24,28). The van der Waals surface area contributed by atoms with Gasteiger partial charge in [-0.2, -0.15) is 0 Å². The Morgan fingerprint density at radius 2 is 1.81 bits per heavy atom.